The topological polar surface area (TPSA) is 87.2 Å². The van der Waals surface area contributed by atoms with Gasteiger partial charge in [-0.25, -0.2) is 4.39 Å². The highest BCUT2D eigenvalue weighted by Gasteiger charge is 2.61. The lowest BCUT2D eigenvalue weighted by atomic mass is 9.85. The second-order valence-corrected chi connectivity index (χ2v) is 5.66. The van der Waals surface area contributed by atoms with Crippen molar-refractivity contribution >= 4 is 11.7 Å². The van der Waals surface area contributed by atoms with E-state index >= 15 is 0 Å². The SMILES string of the molecule is CC(Oc1ccc(F)cc1)c1n[nH]c2c1C(O)(C(F)(F)F)CC(=O)N2. The van der Waals surface area contributed by atoms with E-state index in [-0.39, 0.29) is 17.3 Å². The normalized spacial score (nSPS) is 21.4. The van der Waals surface area contributed by atoms with Gasteiger partial charge in [0.25, 0.3) is 0 Å². The number of anilines is 1. The second-order valence-electron chi connectivity index (χ2n) is 5.66. The number of aliphatic hydroxyl groups is 1. The first-order chi connectivity index (χ1) is 11.6. The molecule has 1 amide bonds. The fourth-order valence-corrected chi connectivity index (χ4v) is 2.68. The highest BCUT2D eigenvalue weighted by molar-refractivity contribution is 5.94. The first-order valence-electron chi connectivity index (χ1n) is 7.22. The van der Waals surface area contributed by atoms with E-state index < -0.39 is 41.6 Å². The zero-order valence-corrected chi connectivity index (χ0v) is 12.8. The van der Waals surface area contributed by atoms with Gasteiger partial charge >= 0.3 is 6.18 Å². The van der Waals surface area contributed by atoms with Gasteiger partial charge in [-0.1, -0.05) is 0 Å². The van der Waals surface area contributed by atoms with Gasteiger partial charge in [-0.3, -0.25) is 9.89 Å². The van der Waals surface area contributed by atoms with E-state index in [1.165, 1.54) is 19.1 Å². The Balaban J connectivity index is 1.99. The summed E-state index contributed by atoms with van der Waals surface area (Å²) in [7, 11) is 0. The maximum atomic E-state index is 13.4. The zero-order valence-electron chi connectivity index (χ0n) is 12.8. The third kappa shape index (κ3) is 2.93. The first kappa shape index (κ1) is 17.2. The Morgan fingerprint density at radius 3 is 2.56 bits per heavy atom. The van der Waals surface area contributed by atoms with Crippen molar-refractivity contribution in [1.29, 1.82) is 0 Å². The van der Waals surface area contributed by atoms with E-state index in [9.17, 15) is 27.5 Å². The number of H-pyrrole nitrogens is 1. The average molecular weight is 359 g/mol. The Kier molecular flexibility index (Phi) is 3.94. The predicted molar refractivity (Wildman–Crippen MR) is 77.2 cm³/mol. The summed E-state index contributed by atoms with van der Waals surface area (Å²) < 4.78 is 58.6. The fraction of sp³-hybridized carbons (Fsp3) is 0.333. The molecule has 0 bridgehead atoms. The molecule has 0 saturated carbocycles. The molecule has 6 nitrogen and oxygen atoms in total. The average Bonchev–Trinajstić information content (AvgIpc) is 2.93. The summed E-state index contributed by atoms with van der Waals surface area (Å²) in [5.41, 5.74) is -4.18. The quantitative estimate of drug-likeness (QED) is 0.736. The molecule has 0 fully saturated rings. The lowest BCUT2D eigenvalue weighted by molar-refractivity contribution is -0.267. The minimum Gasteiger partial charge on any atom is -0.484 e. The minimum absolute atomic E-state index is 0.209. The number of benzene rings is 1. The molecule has 2 aromatic rings. The lowest BCUT2D eigenvalue weighted by Gasteiger charge is -2.34. The molecule has 1 aromatic heterocycles. The van der Waals surface area contributed by atoms with Gasteiger partial charge in [0.1, 0.15) is 29.2 Å². The predicted octanol–water partition coefficient (Wildman–Crippen LogP) is 2.78. The van der Waals surface area contributed by atoms with Crippen LogP contribution >= 0.6 is 0 Å². The lowest BCUT2D eigenvalue weighted by Crippen LogP contribution is -2.48. The summed E-state index contributed by atoms with van der Waals surface area (Å²) in [4.78, 5) is 11.5. The van der Waals surface area contributed by atoms with Gasteiger partial charge in [0, 0.05) is 0 Å². The molecule has 1 aromatic carbocycles. The van der Waals surface area contributed by atoms with Crippen LogP contribution in [0.5, 0.6) is 5.75 Å². The number of halogens is 4. The number of rotatable bonds is 3. The van der Waals surface area contributed by atoms with E-state index in [4.69, 9.17) is 4.74 Å². The molecule has 10 heteroatoms. The number of fused-ring (bicyclic) bond motifs is 1. The number of aromatic nitrogens is 2. The number of ether oxygens (including phenoxy) is 1. The van der Waals surface area contributed by atoms with Crippen molar-refractivity contribution in [2.75, 3.05) is 5.32 Å². The number of carbonyl (C=O) groups excluding carboxylic acids is 1. The van der Waals surface area contributed by atoms with Crippen molar-refractivity contribution in [3.8, 4) is 5.75 Å². The standard InChI is InChI=1S/C15H13F4N3O3/c1-7(25-9-4-2-8(16)3-5-9)12-11-13(22-21-12)20-10(23)6-14(11,24)15(17,18)19/h2-5,7,24H,6H2,1H3,(H2,20,21,22,23). The molecule has 0 saturated heterocycles. The Labute approximate surface area is 138 Å². The van der Waals surface area contributed by atoms with Crippen molar-refractivity contribution in [2.24, 2.45) is 0 Å². The molecule has 1 aliphatic heterocycles. The molecule has 2 atom stereocenters. The highest BCUT2D eigenvalue weighted by Crippen LogP contribution is 2.48. The number of hydrogen-bond donors (Lipinski definition) is 3. The summed E-state index contributed by atoms with van der Waals surface area (Å²) in [5, 5.41) is 18.4. The number of aromatic amines is 1. The van der Waals surface area contributed by atoms with Gasteiger partial charge in [-0.05, 0) is 31.2 Å². The van der Waals surface area contributed by atoms with Crippen molar-refractivity contribution in [2.45, 2.75) is 31.2 Å². The van der Waals surface area contributed by atoms with Gasteiger partial charge in [0.15, 0.2) is 5.60 Å². The largest absolute Gasteiger partial charge is 0.484 e. The van der Waals surface area contributed by atoms with Crippen molar-refractivity contribution in [3.05, 3.63) is 41.3 Å². The monoisotopic (exact) mass is 359 g/mol. The van der Waals surface area contributed by atoms with Crippen LogP contribution < -0.4 is 10.1 Å². The summed E-state index contributed by atoms with van der Waals surface area (Å²) in [6.45, 7) is 1.42. The number of amides is 1. The fourth-order valence-electron chi connectivity index (χ4n) is 2.68. The van der Waals surface area contributed by atoms with Crippen LogP contribution in [0, 0.1) is 5.82 Å². The molecule has 0 aliphatic carbocycles. The Morgan fingerprint density at radius 2 is 1.96 bits per heavy atom. The van der Waals surface area contributed by atoms with Crippen LogP contribution in [0.25, 0.3) is 0 Å². The third-order valence-corrected chi connectivity index (χ3v) is 3.87. The van der Waals surface area contributed by atoms with E-state index in [1.807, 2.05) is 0 Å². The molecular weight excluding hydrogens is 346 g/mol. The van der Waals surface area contributed by atoms with Crippen LogP contribution in [0.3, 0.4) is 0 Å². The summed E-state index contributed by atoms with van der Waals surface area (Å²) in [6, 6.07) is 4.88. The van der Waals surface area contributed by atoms with Crippen LogP contribution in [0.1, 0.15) is 30.7 Å². The van der Waals surface area contributed by atoms with Crippen molar-refractivity contribution in [1.82, 2.24) is 10.2 Å². The summed E-state index contributed by atoms with van der Waals surface area (Å²) >= 11 is 0. The van der Waals surface area contributed by atoms with Gasteiger partial charge in [0.05, 0.1) is 12.0 Å². The number of nitrogens with zero attached hydrogens (tertiary/aromatic N) is 1. The van der Waals surface area contributed by atoms with Crippen LogP contribution in [0.15, 0.2) is 24.3 Å². The second kappa shape index (κ2) is 5.73. The van der Waals surface area contributed by atoms with Crippen LogP contribution in [-0.2, 0) is 10.4 Å². The minimum atomic E-state index is -5.09. The van der Waals surface area contributed by atoms with E-state index in [0.29, 0.717) is 0 Å². The zero-order chi connectivity index (χ0) is 18.4. The smallest absolute Gasteiger partial charge is 0.422 e. The summed E-state index contributed by atoms with van der Waals surface area (Å²) in [5.74, 6) is -1.61. The van der Waals surface area contributed by atoms with E-state index in [1.54, 1.807) is 0 Å². The summed E-state index contributed by atoms with van der Waals surface area (Å²) in [6.07, 6.45) is -7.28. The van der Waals surface area contributed by atoms with Crippen LogP contribution in [0.4, 0.5) is 23.4 Å². The van der Waals surface area contributed by atoms with Crippen molar-refractivity contribution in [3.63, 3.8) is 0 Å². The molecule has 0 spiro atoms. The Morgan fingerprint density at radius 1 is 1.32 bits per heavy atom. The maximum absolute atomic E-state index is 13.4. The molecule has 0 radical (unpaired) electrons. The number of hydrogen-bond acceptors (Lipinski definition) is 4. The molecule has 3 rings (SSSR count). The maximum Gasteiger partial charge on any atom is 0.422 e. The van der Waals surface area contributed by atoms with E-state index in [2.05, 4.69) is 15.5 Å². The van der Waals surface area contributed by atoms with Gasteiger partial charge < -0.3 is 15.2 Å². The van der Waals surface area contributed by atoms with Crippen LogP contribution in [-0.4, -0.2) is 27.4 Å². The first-order valence-corrected chi connectivity index (χ1v) is 7.22. The molecule has 134 valence electrons. The third-order valence-electron chi connectivity index (χ3n) is 3.87. The molecule has 3 N–H and O–H groups in total. The Hall–Kier alpha value is -2.62. The van der Waals surface area contributed by atoms with Gasteiger partial charge in [-0.15, -0.1) is 0 Å². The van der Waals surface area contributed by atoms with Gasteiger partial charge in [-0.2, -0.15) is 18.3 Å². The molecule has 2 heterocycles. The molecular formula is C15H13F4N3O3. The van der Waals surface area contributed by atoms with Crippen LogP contribution in [0.2, 0.25) is 0 Å². The highest BCUT2D eigenvalue weighted by atomic mass is 19.4. The molecule has 2 unspecified atom stereocenters. The molecule has 1 aliphatic rings. The number of alkyl halides is 3. The van der Waals surface area contributed by atoms with Gasteiger partial charge in [0.2, 0.25) is 5.91 Å². The van der Waals surface area contributed by atoms with E-state index in [0.717, 1.165) is 12.1 Å². The Bertz CT molecular complexity index is 803. The number of nitrogens with one attached hydrogen (secondary N) is 2. The number of carbonyl (C=O) groups is 1. The molecule has 25 heavy (non-hydrogen) atoms. The van der Waals surface area contributed by atoms with Crippen molar-refractivity contribution < 1.29 is 32.2 Å².